The smallest absolute Gasteiger partial charge is 0.346 e. The first kappa shape index (κ1) is 13.2. The van der Waals surface area contributed by atoms with Crippen molar-refractivity contribution in [3.05, 3.63) is 23.2 Å². The largest absolute Gasteiger partial charge is 0.477 e. The van der Waals surface area contributed by atoms with E-state index < -0.39 is 12.1 Å². The fourth-order valence-electron chi connectivity index (χ4n) is 1.11. The second-order valence-electron chi connectivity index (χ2n) is 3.10. The fraction of sp³-hybridized carbons (Fsp3) is 0.273. The maximum absolute atomic E-state index is 11.2. The molecule has 0 saturated heterocycles. The van der Waals surface area contributed by atoms with Crippen LogP contribution in [0.1, 0.15) is 6.92 Å². The Balaban J connectivity index is 2.93. The highest BCUT2D eigenvalue weighted by Crippen LogP contribution is 2.29. The van der Waals surface area contributed by atoms with Crippen LogP contribution in [-0.4, -0.2) is 25.3 Å². The number of aliphatic imine (C=N–C) groups is 1. The van der Waals surface area contributed by atoms with Gasteiger partial charge < -0.3 is 9.47 Å². The maximum Gasteiger partial charge on any atom is 0.346 e. The van der Waals surface area contributed by atoms with E-state index in [1.807, 2.05) is 0 Å². The van der Waals surface area contributed by atoms with E-state index in [0.717, 1.165) is 0 Å². The number of methoxy groups -OCH3 is 1. The van der Waals surface area contributed by atoms with E-state index in [9.17, 15) is 9.59 Å². The third-order valence-corrected chi connectivity index (χ3v) is 2.24. The van der Waals surface area contributed by atoms with Gasteiger partial charge in [0.05, 0.1) is 17.8 Å². The summed E-state index contributed by atoms with van der Waals surface area (Å²) in [6.07, 6.45) is 0.604. The molecule has 0 aliphatic rings. The second kappa shape index (κ2) is 6.03. The standard InChI is InChI=1S/C11H10ClNO4/c1-7(11(15)16-2)17-10-5-8(13-6-14)3-4-9(10)12/h3-5,7H,1-2H3. The van der Waals surface area contributed by atoms with Crippen LogP contribution in [0.25, 0.3) is 0 Å². The Morgan fingerprint density at radius 3 is 2.82 bits per heavy atom. The van der Waals surface area contributed by atoms with Gasteiger partial charge in [0.15, 0.2) is 6.10 Å². The molecule has 90 valence electrons. The predicted octanol–water partition coefficient (Wildman–Crippen LogP) is 2.25. The summed E-state index contributed by atoms with van der Waals surface area (Å²) in [5, 5.41) is 0.311. The van der Waals surface area contributed by atoms with Gasteiger partial charge in [-0.25, -0.2) is 9.59 Å². The number of hydrogen-bond donors (Lipinski definition) is 0. The minimum Gasteiger partial charge on any atom is -0.477 e. The first-order valence-electron chi connectivity index (χ1n) is 4.70. The molecule has 1 atom stereocenters. The molecule has 0 saturated carbocycles. The minimum absolute atomic E-state index is 0.251. The number of carbonyl (C=O) groups is 1. The van der Waals surface area contributed by atoms with Crippen LogP contribution in [0, 0.1) is 0 Å². The molecular formula is C11H10ClNO4. The molecule has 5 nitrogen and oxygen atoms in total. The summed E-state index contributed by atoms with van der Waals surface area (Å²) in [5.74, 6) is -0.272. The lowest BCUT2D eigenvalue weighted by atomic mass is 10.3. The molecule has 0 aromatic heterocycles. The fourth-order valence-corrected chi connectivity index (χ4v) is 1.27. The van der Waals surface area contributed by atoms with Gasteiger partial charge in [0, 0.05) is 6.07 Å². The Morgan fingerprint density at radius 1 is 1.53 bits per heavy atom. The normalized spacial score (nSPS) is 11.2. The van der Waals surface area contributed by atoms with Crippen LogP contribution in [0.4, 0.5) is 5.69 Å². The highest BCUT2D eigenvalue weighted by Gasteiger charge is 2.16. The topological polar surface area (TPSA) is 65.0 Å². The zero-order valence-electron chi connectivity index (χ0n) is 9.27. The molecule has 0 heterocycles. The minimum atomic E-state index is -0.798. The van der Waals surface area contributed by atoms with Crippen molar-refractivity contribution < 1.29 is 19.1 Å². The molecule has 0 fully saturated rings. The molecular weight excluding hydrogens is 246 g/mol. The Labute approximate surface area is 103 Å². The van der Waals surface area contributed by atoms with E-state index in [1.54, 1.807) is 0 Å². The van der Waals surface area contributed by atoms with Crippen molar-refractivity contribution in [2.45, 2.75) is 13.0 Å². The number of benzene rings is 1. The average Bonchev–Trinajstić information content (AvgIpc) is 2.32. The van der Waals surface area contributed by atoms with E-state index in [0.29, 0.717) is 10.7 Å². The number of rotatable bonds is 4. The van der Waals surface area contributed by atoms with E-state index in [2.05, 4.69) is 9.73 Å². The molecule has 1 aromatic carbocycles. The van der Waals surface area contributed by atoms with Crippen LogP contribution in [0.2, 0.25) is 5.02 Å². The number of hydrogen-bond acceptors (Lipinski definition) is 5. The summed E-state index contributed by atoms with van der Waals surface area (Å²) in [4.78, 5) is 24.7. The van der Waals surface area contributed by atoms with Gasteiger partial charge in [0.2, 0.25) is 6.08 Å². The van der Waals surface area contributed by atoms with Crippen molar-refractivity contribution in [3.8, 4) is 5.75 Å². The van der Waals surface area contributed by atoms with Crippen LogP contribution in [0.3, 0.4) is 0 Å². The van der Waals surface area contributed by atoms with Crippen LogP contribution in [0.15, 0.2) is 23.2 Å². The van der Waals surface area contributed by atoms with Crippen LogP contribution in [-0.2, 0) is 14.3 Å². The van der Waals surface area contributed by atoms with Gasteiger partial charge in [-0.3, -0.25) is 0 Å². The molecule has 0 radical (unpaired) electrons. The number of ether oxygens (including phenoxy) is 2. The molecule has 1 aromatic rings. The van der Waals surface area contributed by atoms with Crippen LogP contribution < -0.4 is 4.74 Å². The van der Waals surface area contributed by atoms with Crippen LogP contribution >= 0.6 is 11.6 Å². The van der Waals surface area contributed by atoms with Crippen molar-refractivity contribution in [2.24, 2.45) is 4.99 Å². The number of carbonyl (C=O) groups excluding carboxylic acids is 2. The van der Waals surface area contributed by atoms with E-state index >= 15 is 0 Å². The molecule has 1 unspecified atom stereocenters. The van der Waals surface area contributed by atoms with Crippen molar-refractivity contribution in [1.82, 2.24) is 0 Å². The highest BCUT2D eigenvalue weighted by atomic mass is 35.5. The molecule has 6 heteroatoms. The number of halogens is 1. The quantitative estimate of drug-likeness (QED) is 0.470. The third kappa shape index (κ3) is 3.59. The van der Waals surface area contributed by atoms with E-state index in [4.69, 9.17) is 16.3 Å². The zero-order chi connectivity index (χ0) is 12.8. The highest BCUT2D eigenvalue weighted by molar-refractivity contribution is 6.32. The van der Waals surface area contributed by atoms with E-state index in [-0.39, 0.29) is 5.75 Å². The van der Waals surface area contributed by atoms with Gasteiger partial charge >= 0.3 is 5.97 Å². The van der Waals surface area contributed by atoms with Gasteiger partial charge in [0.25, 0.3) is 0 Å². The van der Waals surface area contributed by atoms with Crippen molar-refractivity contribution in [1.29, 1.82) is 0 Å². The molecule has 17 heavy (non-hydrogen) atoms. The SMILES string of the molecule is COC(=O)C(C)Oc1cc(N=C=O)ccc1Cl. The summed E-state index contributed by atoms with van der Waals surface area (Å²) < 4.78 is 9.80. The Morgan fingerprint density at radius 2 is 2.24 bits per heavy atom. The molecule has 0 N–H and O–H groups in total. The molecule has 0 bridgehead atoms. The molecule has 0 spiro atoms. The van der Waals surface area contributed by atoms with Crippen molar-refractivity contribution in [3.63, 3.8) is 0 Å². The van der Waals surface area contributed by atoms with Gasteiger partial charge in [-0.15, -0.1) is 0 Å². The summed E-state index contributed by atoms with van der Waals surface area (Å²) in [6.45, 7) is 1.53. The zero-order valence-corrected chi connectivity index (χ0v) is 10.0. The second-order valence-corrected chi connectivity index (χ2v) is 3.51. The average molecular weight is 256 g/mol. The molecule has 1 rings (SSSR count). The first-order valence-corrected chi connectivity index (χ1v) is 5.08. The van der Waals surface area contributed by atoms with E-state index in [1.165, 1.54) is 38.3 Å². The van der Waals surface area contributed by atoms with Gasteiger partial charge in [-0.05, 0) is 19.1 Å². The monoisotopic (exact) mass is 255 g/mol. The van der Waals surface area contributed by atoms with Crippen molar-refractivity contribution in [2.75, 3.05) is 7.11 Å². The lowest BCUT2D eigenvalue weighted by Gasteiger charge is -2.13. The van der Waals surface area contributed by atoms with Gasteiger partial charge in [-0.1, -0.05) is 11.6 Å². The molecule has 0 amide bonds. The summed E-state index contributed by atoms with van der Waals surface area (Å²) in [6, 6.07) is 4.48. The summed E-state index contributed by atoms with van der Waals surface area (Å²) in [7, 11) is 1.26. The third-order valence-electron chi connectivity index (χ3n) is 1.93. The lowest BCUT2D eigenvalue weighted by Crippen LogP contribution is -2.24. The molecule has 0 aliphatic carbocycles. The van der Waals surface area contributed by atoms with Crippen molar-refractivity contribution >= 4 is 29.3 Å². The number of esters is 1. The number of isocyanates is 1. The Kier molecular flexibility index (Phi) is 4.69. The first-order chi connectivity index (χ1) is 8.08. The lowest BCUT2D eigenvalue weighted by molar-refractivity contribution is -0.147. The number of nitrogens with zero attached hydrogens (tertiary/aromatic N) is 1. The Bertz CT molecular complexity index is 469. The maximum atomic E-state index is 11.2. The summed E-state index contributed by atoms with van der Waals surface area (Å²) in [5.41, 5.74) is 0.344. The van der Waals surface area contributed by atoms with Gasteiger partial charge in [-0.2, -0.15) is 4.99 Å². The van der Waals surface area contributed by atoms with Crippen LogP contribution in [0.5, 0.6) is 5.75 Å². The molecule has 0 aliphatic heterocycles. The van der Waals surface area contributed by atoms with Gasteiger partial charge in [0.1, 0.15) is 5.75 Å². The summed E-state index contributed by atoms with van der Waals surface area (Å²) >= 11 is 5.87. The predicted molar refractivity (Wildman–Crippen MR) is 61.3 cm³/mol. The Hall–Kier alpha value is -1.84.